The summed E-state index contributed by atoms with van der Waals surface area (Å²) in [5, 5.41) is 7.97. The first-order chi connectivity index (χ1) is 9.78. The molecule has 0 saturated heterocycles. The largest absolute Gasteiger partial charge is 0.378 e. The van der Waals surface area contributed by atoms with Gasteiger partial charge in [0.05, 0.1) is 12.3 Å². The summed E-state index contributed by atoms with van der Waals surface area (Å²) in [6.45, 7) is 1.19. The van der Waals surface area contributed by atoms with E-state index in [4.69, 9.17) is 4.74 Å². The maximum absolute atomic E-state index is 11.7. The average Bonchev–Trinajstić information content (AvgIpc) is 3.08. The van der Waals surface area contributed by atoms with E-state index in [9.17, 15) is 4.79 Å². The summed E-state index contributed by atoms with van der Waals surface area (Å²) in [6, 6.07) is 4.07. The zero-order valence-electron chi connectivity index (χ0n) is 11.4. The van der Waals surface area contributed by atoms with Crippen molar-refractivity contribution in [2.75, 3.05) is 13.7 Å². The summed E-state index contributed by atoms with van der Waals surface area (Å²) in [5.74, 6) is 0.103. The fourth-order valence-electron chi connectivity index (χ4n) is 1.76. The van der Waals surface area contributed by atoms with Crippen molar-refractivity contribution in [2.24, 2.45) is 0 Å². The van der Waals surface area contributed by atoms with Gasteiger partial charge in [-0.25, -0.2) is 4.98 Å². The molecule has 0 atom stereocenters. The first-order valence-corrected chi connectivity index (χ1v) is 8.25. The highest BCUT2D eigenvalue weighted by Gasteiger charge is 2.05. The van der Waals surface area contributed by atoms with Gasteiger partial charge in [-0.05, 0) is 17.9 Å². The van der Waals surface area contributed by atoms with Gasteiger partial charge >= 0.3 is 0 Å². The van der Waals surface area contributed by atoms with Crippen LogP contribution in [-0.2, 0) is 29.0 Å². The Bertz CT molecular complexity index is 523. The van der Waals surface area contributed by atoms with E-state index in [0.717, 1.165) is 23.5 Å². The Kier molecular flexibility index (Phi) is 6.17. The molecule has 0 spiro atoms. The molecule has 1 amide bonds. The number of methoxy groups -OCH3 is 1. The highest BCUT2D eigenvalue weighted by molar-refractivity contribution is 7.10. The Morgan fingerprint density at radius 2 is 2.30 bits per heavy atom. The molecule has 0 saturated carbocycles. The fourth-order valence-corrected chi connectivity index (χ4v) is 3.27. The predicted molar refractivity (Wildman–Crippen MR) is 82.2 cm³/mol. The van der Waals surface area contributed by atoms with E-state index in [-0.39, 0.29) is 5.91 Å². The second-order valence-electron chi connectivity index (χ2n) is 4.34. The molecule has 4 nitrogen and oxygen atoms in total. The molecule has 20 heavy (non-hydrogen) atoms. The molecule has 2 aromatic rings. The number of thiazole rings is 1. The van der Waals surface area contributed by atoms with Gasteiger partial charge in [0, 0.05) is 36.8 Å². The van der Waals surface area contributed by atoms with Crippen LogP contribution in [0.15, 0.2) is 22.9 Å². The van der Waals surface area contributed by atoms with Crippen molar-refractivity contribution in [1.29, 1.82) is 0 Å². The zero-order chi connectivity index (χ0) is 14.2. The van der Waals surface area contributed by atoms with Crippen LogP contribution in [-0.4, -0.2) is 24.5 Å². The van der Waals surface area contributed by atoms with Gasteiger partial charge in [-0.15, -0.1) is 22.7 Å². The number of nitrogens with one attached hydrogen (secondary N) is 1. The molecule has 108 valence electrons. The number of amides is 1. The van der Waals surface area contributed by atoms with Crippen molar-refractivity contribution >= 4 is 28.6 Å². The number of carbonyl (C=O) groups excluding carboxylic acids is 1. The smallest absolute Gasteiger partial charge is 0.220 e. The lowest BCUT2D eigenvalue weighted by molar-refractivity contribution is -0.121. The maximum atomic E-state index is 11.7. The Labute approximate surface area is 126 Å². The Hall–Kier alpha value is -1.24. The fraction of sp³-hybridized carbons (Fsp3) is 0.429. The number of ether oxygens (including phenoxy) is 1. The van der Waals surface area contributed by atoms with Crippen molar-refractivity contribution in [3.05, 3.63) is 38.5 Å². The van der Waals surface area contributed by atoms with E-state index >= 15 is 0 Å². The molecule has 2 rings (SSSR count). The Morgan fingerprint density at radius 3 is 3.05 bits per heavy atom. The van der Waals surface area contributed by atoms with Gasteiger partial charge in [0.1, 0.15) is 5.01 Å². The molecular formula is C14H18N2O2S2. The minimum Gasteiger partial charge on any atom is -0.378 e. The molecule has 2 aromatic heterocycles. The van der Waals surface area contributed by atoms with E-state index in [1.54, 1.807) is 29.8 Å². The third-order valence-electron chi connectivity index (χ3n) is 2.75. The Balaban J connectivity index is 1.63. The molecule has 0 unspecified atom stereocenters. The number of carbonyl (C=O) groups is 1. The molecule has 0 aromatic carbocycles. The topological polar surface area (TPSA) is 51.2 Å². The van der Waals surface area contributed by atoms with Crippen molar-refractivity contribution in [2.45, 2.75) is 25.9 Å². The number of thiophene rings is 1. The van der Waals surface area contributed by atoms with E-state index in [1.807, 2.05) is 16.8 Å². The molecule has 0 radical (unpaired) electrons. The molecule has 1 N–H and O–H groups in total. The van der Waals surface area contributed by atoms with Crippen LogP contribution in [0, 0.1) is 0 Å². The first-order valence-electron chi connectivity index (χ1n) is 6.49. The molecule has 6 heteroatoms. The number of aromatic nitrogens is 1. The molecule has 0 bridgehead atoms. The first kappa shape index (κ1) is 15.2. The quantitative estimate of drug-likeness (QED) is 0.815. The van der Waals surface area contributed by atoms with Crippen molar-refractivity contribution in [3.63, 3.8) is 0 Å². The maximum Gasteiger partial charge on any atom is 0.220 e. The van der Waals surface area contributed by atoms with E-state index in [0.29, 0.717) is 19.6 Å². The lowest BCUT2D eigenvalue weighted by Crippen LogP contribution is -2.25. The minimum atomic E-state index is 0.103. The molecule has 0 fully saturated rings. The van der Waals surface area contributed by atoms with Gasteiger partial charge in [-0.2, -0.15) is 0 Å². The van der Waals surface area contributed by atoms with Crippen molar-refractivity contribution < 1.29 is 9.53 Å². The lowest BCUT2D eigenvalue weighted by atomic mass is 10.2. The summed E-state index contributed by atoms with van der Waals surface area (Å²) in [7, 11) is 1.66. The molecule has 0 aliphatic heterocycles. The third kappa shape index (κ3) is 5.03. The van der Waals surface area contributed by atoms with Crippen LogP contribution in [0.1, 0.15) is 22.0 Å². The van der Waals surface area contributed by atoms with E-state index in [2.05, 4.69) is 16.4 Å². The number of rotatable bonds is 8. The zero-order valence-corrected chi connectivity index (χ0v) is 13.1. The standard InChI is InChI=1S/C14H18N2O2S2/c1-18-9-14-16-11(10-20-14)6-7-15-13(17)5-4-12-3-2-8-19-12/h2-3,8,10H,4-7,9H2,1H3,(H,15,17). The molecule has 2 heterocycles. The van der Waals surface area contributed by atoms with Gasteiger partial charge in [-0.3, -0.25) is 4.79 Å². The van der Waals surface area contributed by atoms with Gasteiger partial charge in [0.25, 0.3) is 0 Å². The van der Waals surface area contributed by atoms with Crippen LogP contribution >= 0.6 is 22.7 Å². The third-order valence-corrected chi connectivity index (χ3v) is 4.56. The second-order valence-corrected chi connectivity index (χ2v) is 6.32. The average molecular weight is 310 g/mol. The van der Waals surface area contributed by atoms with Gasteiger partial charge in [0.15, 0.2) is 0 Å². The number of hydrogen-bond donors (Lipinski definition) is 1. The summed E-state index contributed by atoms with van der Waals surface area (Å²) in [4.78, 5) is 17.4. The highest BCUT2D eigenvalue weighted by atomic mass is 32.1. The number of aryl methyl sites for hydroxylation is 1. The van der Waals surface area contributed by atoms with Crippen LogP contribution in [0.2, 0.25) is 0 Å². The van der Waals surface area contributed by atoms with E-state index in [1.165, 1.54) is 4.88 Å². The van der Waals surface area contributed by atoms with E-state index < -0.39 is 0 Å². The SMILES string of the molecule is COCc1nc(CCNC(=O)CCc2cccs2)cs1. The van der Waals surface area contributed by atoms with Crippen LogP contribution in [0.5, 0.6) is 0 Å². The van der Waals surface area contributed by atoms with Gasteiger partial charge in [-0.1, -0.05) is 6.07 Å². The number of nitrogens with zero attached hydrogens (tertiary/aromatic N) is 1. The second kappa shape index (κ2) is 8.14. The van der Waals surface area contributed by atoms with Crippen LogP contribution in [0.4, 0.5) is 0 Å². The Morgan fingerprint density at radius 1 is 1.40 bits per heavy atom. The molecular weight excluding hydrogens is 292 g/mol. The monoisotopic (exact) mass is 310 g/mol. The van der Waals surface area contributed by atoms with Gasteiger partial charge in [0.2, 0.25) is 5.91 Å². The van der Waals surface area contributed by atoms with Crippen molar-refractivity contribution in [3.8, 4) is 0 Å². The normalized spacial score (nSPS) is 10.7. The summed E-state index contributed by atoms with van der Waals surface area (Å²) in [6.07, 6.45) is 2.13. The van der Waals surface area contributed by atoms with Gasteiger partial charge < -0.3 is 10.1 Å². The van der Waals surface area contributed by atoms with Crippen molar-refractivity contribution in [1.82, 2.24) is 10.3 Å². The molecule has 0 aliphatic carbocycles. The van der Waals surface area contributed by atoms with Crippen LogP contribution in [0.3, 0.4) is 0 Å². The highest BCUT2D eigenvalue weighted by Crippen LogP contribution is 2.11. The molecule has 0 aliphatic rings. The summed E-state index contributed by atoms with van der Waals surface area (Å²) >= 11 is 3.29. The van der Waals surface area contributed by atoms with Crippen LogP contribution < -0.4 is 5.32 Å². The lowest BCUT2D eigenvalue weighted by Gasteiger charge is -2.03. The summed E-state index contributed by atoms with van der Waals surface area (Å²) in [5.41, 5.74) is 1.01. The predicted octanol–water partition coefficient (Wildman–Crippen LogP) is 2.64. The summed E-state index contributed by atoms with van der Waals surface area (Å²) < 4.78 is 5.03. The number of hydrogen-bond acceptors (Lipinski definition) is 5. The minimum absolute atomic E-state index is 0.103. The van der Waals surface area contributed by atoms with Crippen LogP contribution in [0.25, 0.3) is 0 Å².